The molecule has 0 bridgehead atoms. The van der Waals surface area contributed by atoms with E-state index in [2.05, 4.69) is 17.9 Å². The molecule has 0 amide bonds. The summed E-state index contributed by atoms with van der Waals surface area (Å²) in [5.41, 5.74) is 9.15. The van der Waals surface area contributed by atoms with Crippen LogP contribution in [-0.4, -0.2) is 29.0 Å². The molecule has 20 heavy (non-hydrogen) atoms. The standard InChI is InChI=1S/C16H20ClN3/c1-11-13-6-2-3-7-14(13)19-15(16(11)17)10-20-8-4-5-12(18)9-20/h2-3,6-7,12H,4-5,8-10,18H2,1H3/t12-/m1/s1. The number of nitrogens with two attached hydrogens (primary N) is 1. The molecular weight excluding hydrogens is 270 g/mol. The van der Waals surface area contributed by atoms with Gasteiger partial charge in [-0.2, -0.15) is 0 Å². The minimum Gasteiger partial charge on any atom is -0.327 e. The van der Waals surface area contributed by atoms with Gasteiger partial charge in [-0.15, -0.1) is 0 Å². The van der Waals surface area contributed by atoms with Crippen LogP contribution in [0.15, 0.2) is 24.3 Å². The van der Waals surface area contributed by atoms with Crippen molar-refractivity contribution in [3.63, 3.8) is 0 Å². The van der Waals surface area contributed by atoms with Crippen molar-refractivity contribution < 1.29 is 0 Å². The quantitative estimate of drug-likeness (QED) is 0.924. The molecular formula is C16H20ClN3. The summed E-state index contributed by atoms with van der Waals surface area (Å²) in [7, 11) is 0. The molecule has 3 rings (SSSR count). The predicted molar refractivity (Wildman–Crippen MR) is 84.0 cm³/mol. The van der Waals surface area contributed by atoms with E-state index in [9.17, 15) is 0 Å². The average molecular weight is 290 g/mol. The SMILES string of the molecule is Cc1c(Cl)c(CN2CCC[C@@H](N)C2)nc2ccccc12. The van der Waals surface area contributed by atoms with E-state index < -0.39 is 0 Å². The number of likely N-dealkylation sites (tertiary alicyclic amines) is 1. The van der Waals surface area contributed by atoms with E-state index in [1.165, 1.54) is 0 Å². The van der Waals surface area contributed by atoms with Crippen molar-refractivity contribution in [2.24, 2.45) is 5.73 Å². The minimum atomic E-state index is 0.282. The molecule has 1 aromatic carbocycles. The number of benzene rings is 1. The molecule has 4 heteroatoms. The first-order valence-corrected chi connectivity index (χ1v) is 7.54. The van der Waals surface area contributed by atoms with E-state index in [0.29, 0.717) is 0 Å². The second-order valence-corrected chi connectivity index (χ2v) is 6.03. The molecule has 1 saturated heterocycles. The van der Waals surface area contributed by atoms with Crippen LogP contribution in [0.4, 0.5) is 0 Å². The van der Waals surface area contributed by atoms with Gasteiger partial charge in [-0.1, -0.05) is 29.8 Å². The smallest absolute Gasteiger partial charge is 0.0740 e. The molecule has 106 valence electrons. The lowest BCUT2D eigenvalue weighted by Gasteiger charge is -2.30. The first-order chi connectivity index (χ1) is 9.65. The molecule has 2 heterocycles. The van der Waals surface area contributed by atoms with Crippen molar-refractivity contribution >= 4 is 22.5 Å². The van der Waals surface area contributed by atoms with Crippen LogP contribution < -0.4 is 5.73 Å². The highest BCUT2D eigenvalue weighted by Crippen LogP contribution is 2.28. The number of aryl methyl sites for hydroxylation is 1. The van der Waals surface area contributed by atoms with Gasteiger partial charge < -0.3 is 5.73 Å². The van der Waals surface area contributed by atoms with Gasteiger partial charge in [0.1, 0.15) is 0 Å². The largest absolute Gasteiger partial charge is 0.327 e. The third kappa shape index (κ3) is 2.66. The topological polar surface area (TPSA) is 42.1 Å². The third-order valence-electron chi connectivity index (χ3n) is 4.06. The maximum Gasteiger partial charge on any atom is 0.0740 e. The summed E-state index contributed by atoms with van der Waals surface area (Å²) in [5.74, 6) is 0. The number of nitrogens with zero attached hydrogens (tertiary/aromatic N) is 2. The average Bonchev–Trinajstić information content (AvgIpc) is 2.45. The van der Waals surface area contributed by atoms with Gasteiger partial charge in [0.05, 0.1) is 16.2 Å². The molecule has 0 unspecified atom stereocenters. The van der Waals surface area contributed by atoms with E-state index in [1.807, 2.05) is 18.2 Å². The second-order valence-electron chi connectivity index (χ2n) is 5.65. The Bertz CT molecular complexity index is 626. The van der Waals surface area contributed by atoms with Crippen LogP contribution in [0.1, 0.15) is 24.1 Å². The molecule has 1 fully saturated rings. The van der Waals surface area contributed by atoms with Crippen molar-refractivity contribution in [3.05, 3.63) is 40.5 Å². The van der Waals surface area contributed by atoms with Gasteiger partial charge in [-0.05, 0) is 37.9 Å². The molecule has 1 aliphatic rings. The number of fused-ring (bicyclic) bond motifs is 1. The molecule has 1 aliphatic heterocycles. The lowest BCUT2D eigenvalue weighted by molar-refractivity contribution is 0.199. The summed E-state index contributed by atoms with van der Waals surface area (Å²) >= 11 is 6.51. The van der Waals surface area contributed by atoms with Gasteiger partial charge in [0, 0.05) is 24.5 Å². The van der Waals surface area contributed by atoms with E-state index in [1.54, 1.807) is 0 Å². The van der Waals surface area contributed by atoms with Crippen molar-refractivity contribution in [2.45, 2.75) is 32.4 Å². The summed E-state index contributed by atoms with van der Waals surface area (Å²) in [6, 6.07) is 8.44. The second kappa shape index (κ2) is 5.68. The summed E-state index contributed by atoms with van der Waals surface area (Å²) in [5, 5.41) is 1.93. The summed E-state index contributed by atoms with van der Waals surface area (Å²) in [6.07, 6.45) is 2.28. The summed E-state index contributed by atoms with van der Waals surface area (Å²) in [4.78, 5) is 7.10. The van der Waals surface area contributed by atoms with E-state index in [-0.39, 0.29) is 6.04 Å². The van der Waals surface area contributed by atoms with Crippen LogP contribution in [-0.2, 0) is 6.54 Å². The highest BCUT2D eigenvalue weighted by Gasteiger charge is 2.19. The van der Waals surface area contributed by atoms with E-state index in [4.69, 9.17) is 22.3 Å². The number of piperidine rings is 1. The fraction of sp³-hybridized carbons (Fsp3) is 0.438. The molecule has 0 aliphatic carbocycles. The Morgan fingerprint density at radius 3 is 3.00 bits per heavy atom. The number of rotatable bonds is 2. The lowest BCUT2D eigenvalue weighted by atomic mass is 10.1. The van der Waals surface area contributed by atoms with Gasteiger partial charge in [0.15, 0.2) is 0 Å². The Hall–Kier alpha value is -1.16. The predicted octanol–water partition coefficient (Wildman–Crippen LogP) is 3.12. The molecule has 0 saturated carbocycles. The third-order valence-corrected chi connectivity index (χ3v) is 4.56. The van der Waals surface area contributed by atoms with Crippen LogP contribution in [0, 0.1) is 6.92 Å². The monoisotopic (exact) mass is 289 g/mol. The first kappa shape index (κ1) is 13.8. The van der Waals surface area contributed by atoms with Crippen LogP contribution in [0.25, 0.3) is 10.9 Å². The molecule has 2 aromatic rings. The zero-order chi connectivity index (χ0) is 14.1. The van der Waals surface area contributed by atoms with Gasteiger partial charge in [-0.25, -0.2) is 4.98 Å². The Kier molecular flexibility index (Phi) is 3.92. The van der Waals surface area contributed by atoms with Crippen molar-refractivity contribution in [2.75, 3.05) is 13.1 Å². The summed E-state index contributed by atoms with van der Waals surface area (Å²) in [6.45, 7) is 4.87. The Morgan fingerprint density at radius 2 is 2.20 bits per heavy atom. The van der Waals surface area contributed by atoms with Crippen LogP contribution in [0.3, 0.4) is 0 Å². The highest BCUT2D eigenvalue weighted by molar-refractivity contribution is 6.32. The molecule has 2 N–H and O–H groups in total. The van der Waals surface area contributed by atoms with Crippen molar-refractivity contribution in [3.8, 4) is 0 Å². The van der Waals surface area contributed by atoms with Gasteiger partial charge in [-0.3, -0.25) is 4.90 Å². The number of para-hydroxylation sites is 1. The minimum absolute atomic E-state index is 0.282. The van der Waals surface area contributed by atoms with Gasteiger partial charge >= 0.3 is 0 Å². The van der Waals surface area contributed by atoms with E-state index >= 15 is 0 Å². The molecule has 0 radical (unpaired) electrons. The van der Waals surface area contributed by atoms with Gasteiger partial charge in [0.25, 0.3) is 0 Å². The zero-order valence-electron chi connectivity index (χ0n) is 11.8. The zero-order valence-corrected chi connectivity index (χ0v) is 12.5. The number of aromatic nitrogens is 1. The molecule has 0 spiro atoms. The maximum atomic E-state index is 6.51. The first-order valence-electron chi connectivity index (χ1n) is 7.17. The maximum absolute atomic E-state index is 6.51. The normalized spacial score (nSPS) is 20.4. The lowest BCUT2D eigenvalue weighted by Crippen LogP contribution is -2.42. The Balaban J connectivity index is 1.93. The van der Waals surface area contributed by atoms with Crippen molar-refractivity contribution in [1.29, 1.82) is 0 Å². The van der Waals surface area contributed by atoms with Crippen LogP contribution in [0.2, 0.25) is 5.02 Å². The fourth-order valence-corrected chi connectivity index (χ4v) is 3.17. The number of hydrogen-bond donors (Lipinski definition) is 1. The highest BCUT2D eigenvalue weighted by atomic mass is 35.5. The number of hydrogen-bond acceptors (Lipinski definition) is 3. The number of pyridine rings is 1. The molecule has 3 nitrogen and oxygen atoms in total. The molecule has 1 atom stereocenters. The van der Waals surface area contributed by atoms with E-state index in [0.717, 1.165) is 59.7 Å². The van der Waals surface area contributed by atoms with Crippen molar-refractivity contribution in [1.82, 2.24) is 9.88 Å². The van der Waals surface area contributed by atoms with Crippen LogP contribution >= 0.6 is 11.6 Å². The Labute approximate surface area is 124 Å². The van der Waals surface area contributed by atoms with Crippen LogP contribution in [0.5, 0.6) is 0 Å². The fourth-order valence-electron chi connectivity index (χ4n) is 2.97. The molecule has 1 aromatic heterocycles. The number of halogens is 1. The Morgan fingerprint density at radius 1 is 1.40 bits per heavy atom. The summed E-state index contributed by atoms with van der Waals surface area (Å²) < 4.78 is 0. The van der Waals surface area contributed by atoms with Gasteiger partial charge in [0.2, 0.25) is 0 Å².